The Hall–Kier alpha value is -3.76. The first-order valence-electron chi connectivity index (χ1n) is 11.4. The largest absolute Gasteiger partial charge is 0.497 e. The second-order valence-electron chi connectivity index (χ2n) is 8.24. The molecule has 0 radical (unpaired) electrons. The van der Waals surface area contributed by atoms with Crippen LogP contribution in [-0.2, 0) is 6.54 Å². The Labute approximate surface area is 206 Å². The molecule has 0 saturated carbocycles. The van der Waals surface area contributed by atoms with Crippen LogP contribution in [-0.4, -0.2) is 47.2 Å². The summed E-state index contributed by atoms with van der Waals surface area (Å²) in [6.45, 7) is 2.19. The number of rotatable bonds is 7. The van der Waals surface area contributed by atoms with Crippen molar-refractivity contribution in [3.8, 4) is 22.8 Å². The maximum atomic E-state index is 13.0. The minimum absolute atomic E-state index is 0.0807. The van der Waals surface area contributed by atoms with Crippen molar-refractivity contribution in [3.63, 3.8) is 0 Å². The van der Waals surface area contributed by atoms with Gasteiger partial charge >= 0.3 is 0 Å². The van der Waals surface area contributed by atoms with E-state index in [1.165, 1.54) is 11.3 Å². The van der Waals surface area contributed by atoms with Crippen LogP contribution in [0.3, 0.4) is 0 Å². The van der Waals surface area contributed by atoms with Gasteiger partial charge < -0.3 is 25.8 Å². The molecule has 2 aromatic heterocycles. The summed E-state index contributed by atoms with van der Waals surface area (Å²) < 4.78 is 12.5. The number of piperidine rings is 1. The molecule has 4 aromatic rings. The van der Waals surface area contributed by atoms with Gasteiger partial charge in [0.2, 0.25) is 5.95 Å². The fourth-order valence-electron chi connectivity index (χ4n) is 4.00. The lowest BCUT2D eigenvalue weighted by Crippen LogP contribution is -2.34. The van der Waals surface area contributed by atoms with E-state index in [9.17, 15) is 4.79 Å². The van der Waals surface area contributed by atoms with E-state index in [0.29, 0.717) is 28.5 Å². The number of anilines is 1. The van der Waals surface area contributed by atoms with Gasteiger partial charge in [-0.3, -0.25) is 4.79 Å². The van der Waals surface area contributed by atoms with E-state index in [1.54, 1.807) is 19.4 Å². The van der Waals surface area contributed by atoms with Crippen molar-refractivity contribution in [3.05, 3.63) is 59.2 Å². The molecular weight excluding hydrogens is 464 g/mol. The third kappa shape index (κ3) is 5.33. The number of hydrogen-bond acceptors (Lipinski definition) is 9. The van der Waals surface area contributed by atoms with E-state index in [-0.39, 0.29) is 18.0 Å². The SMILES string of the molecule is COc1cccc(CNC(=O)c2nc3c(OC4CCNCC4)cc(-c4ccnc(N)n4)cc3s2)c1. The third-order valence-electron chi connectivity index (χ3n) is 5.79. The maximum Gasteiger partial charge on any atom is 0.280 e. The Morgan fingerprint density at radius 2 is 2.06 bits per heavy atom. The van der Waals surface area contributed by atoms with Gasteiger partial charge in [0.05, 0.1) is 17.5 Å². The highest BCUT2D eigenvalue weighted by Crippen LogP contribution is 2.36. The molecule has 1 aliphatic heterocycles. The molecule has 9 nitrogen and oxygen atoms in total. The minimum atomic E-state index is -0.241. The van der Waals surface area contributed by atoms with Gasteiger partial charge in [0.1, 0.15) is 23.1 Å². The highest BCUT2D eigenvalue weighted by molar-refractivity contribution is 7.20. The Balaban J connectivity index is 1.45. The molecule has 1 aliphatic rings. The number of aromatic nitrogens is 3. The Bertz CT molecular complexity index is 1350. The van der Waals surface area contributed by atoms with E-state index in [0.717, 1.165) is 47.5 Å². The smallest absolute Gasteiger partial charge is 0.280 e. The number of fused-ring (bicyclic) bond motifs is 1. The van der Waals surface area contributed by atoms with Gasteiger partial charge in [-0.2, -0.15) is 0 Å². The third-order valence-corrected chi connectivity index (χ3v) is 6.79. The van der Waals surface area contributed by atoms with Crippen molar-refractivity contribution < 1.29 is 14.3 Å². The van der Waals surface area contributed by atoms with Crippen molar-refractivity contribution >= 4 is 33.4 Å². The molecule has 10 heteroatoms. The highest BCUT2D eigenvalue weighted by Gasteiger charge is 2.21. The van der Waals surface area contributed by atoms with Gasteiger partial charge in [0.25, 0.3) is 5.91 Å². The zero-order valence-corrected chi connectivity index (χ0v) is 20.1. The monoisotopic (exact) mass is 490 g/mol. The summed E-state index contributed by atoms with van der Waals surface area (Å²) >= 11 is 1.32. The van der Waals surface area contributed by atoms with Gasteiger partial charge in [-0.15, -0.1) is 11.3 Å². The van der Waals surface area contributed by atoms with E-state index in [4.69, 9.17) is 15.2 Å². The van der Waals surface area contributed by atoms with Gasteiger partial charge in [-0.25, -0.2) is 15.0 Å². The molecule has 0 bridgehead atoms. The van der Waals surface area contributed by atoms with Crippen LogP contribution in [0.2, 0.25) is 0 Å². The first-order valence-corrected chi connectivity index (χ1v) is 12.2. The Kier molecular flexibility index (Phi) is 6.73. The molecule has 1 saturated heterocycles. The molecule has 0 spiro atoms. The number of nitrogen functional groups attached to an aromatic ring is 1. The molecule has 180 valence electrons. The van der Waals surface area contributed by atoms with Crippen molar-refractivity contribution in [2.24, 2.45) is 0 Å². The number of carbonyl (C=O) groups excluding carboxylic acids is 1. The van der Waals surface area contributed by atoms with E-state index >= 15 is 0 Å². The van der Waals surface area contributed by atoms with Gasteiger partial charge in [0, 0.05) is 18.3 Å². The number of hydrogen-bond donors (Lipinski definition) is 3. The first-order chi connectivity index (χ1) is 17.1. The second kappa shape index (κ2) is 10.2. The topological polar surface area (TPSA) is 124 Å². The minimum Gasteiger partial charge on any atom is -0.497 e. The number of nitrogens with one attached hydrogen (secondary N) is 2. The summed E-state index contributed by atoms with van der Waals surface area (Å²) in [5, 5.41) is 6.67. The predicted octanol–water partition coefficient (Wildman–Crippen LogP) is 3.40. The molecule has 35 heavy (non-hydrogen) atoms. The fraction of sp³-hybridized carbons (Fsp3) is 0.280. The molecule has 0 aliphatic carbocycles. The number of methoxy groups -OCH3 is 1. The average molecular weight is 491 g/mol. The number of amides is 1. The molecule has 2 aromatic carbocycles. The average Bonchev–Trinajstić information content (AvgIpc) is 3.33. The van der Waals surface area contributed by atoms with Crippen LogP contribution >= 0.6 is 11.3 Å². The van der Waals surface area contributed by atoms with Crippen molar-refractivity contribution in [1.82, 2.24) is 25.6 Å². The lowest BCUT2D eigenvalue weighted by atomic mass is 10.1. The predicted molar refractivity (Wildman–Crippen MR) is 136 cm³/mol. The fourth-order valence-corrected chi connectivity index (χ4v) is 4.94. The normalized spacial score (nSPS) is 14.1. The molecular formula is C25H26N6O3S. The number of ether oxygens (including phenoxy) is 2. The molecule has 1 amide bonds. The maximum absolute atomic E-state index is 13.0. The van der Waals surface area contributed by atoms with Gasteiger partial charge in [-0.05, 0) is 61.8 Å². The number of nitrogens with two attached hydrogens (primary N) is 1. The molecule has 5 rings (SSSR count). The molecule has 3 heterocycles. The van der Waals surface area contributed by atoms with Crippen LogP contribution in [0.1, 0.15) is 28.2 Å². The molecule has 1 fully saturated rings. The zero-order valence-electron chi connectivity index (χ0n) is 19.3. The summed E-state index contributed by atoms with van der Waals surface area (Å²) in [7, 11) is 1.62. The number of nitrogens with zero attached hydrogens (tertiary/aromatic N) is 3. The summed E-state index contributed by atoms with van der Waals surface area (Å²) in [5.74, 6) is 1.35. The summed E-state index contributed by atoms with van der Waals surface area (Å²) in [6.07, 6.45) is 3.52. The van der Waals surface area contributed by atoms with Crippen LogP contribution in [0.5, 0.6) is 11.5 Å². The molecule has 4 N–H and O–H groups in total. The standard InChI is InChI=1S/C25H26N6O3S/c1-33-18-4-2-3-15(11-18)14-29-23(32)24-31-22-20(34-17-5-8-27-9-6-17)12-16(13-21(22)35-24)19-7-10-28-25(26)30-19/h2-4,7,10-13,17,27H,5-6,8-9,14H2,1H3,(H,29,32)(H2,26,28,30). The summed E-state index contributed by atoms with van der Waals surface area (Å²) in [6, 6.07) is 13.3. The van der Waals surface area contributed by atoms with Crippen LogP contribution in [0.4, 0.5) is 5.95 Å². The van der Waals surface area contributed by atoms with Crippen molar-refractivity contribution in [1.29, 1.82) is 0 Å². The summed E-state index contributed by atoms with van der Waals surface area (Å²) in [4.78, 5) is 26.0. The van der Waals surface area contributed by atoms with Gasteiger partial charge in [-0.1, -0.05) is 12.1 Å². The van der Waals surface area contributed by atoms with Gasteiger partial charge in [0.15, 0.2) is 5.01 Å². The summed E-state index contributed by atoms with van der Waals surface area (Å²) in [5.41, 5.74) is 8.95. The van der Waals surface area contributed by atoms with E-state index in [1.807, 2.05) is 36.4 Å². The van der Waals surface area contributed by atoms with E-state index < -0.39 is 0 Å². The number of benzene rings is 2. The molecule has 0 atom stereocenters. The first kappa shape index (κ1) is 23.0. The van der Waals surface area contributed by atoms with Crippen LogP contribution < -0.4 is 25.8 Å². The number of thiazole rings is 1. The zero-order chi connectivity index (χ0) is 24.2. The van der Waals surface area contributed by atoms with Crippen molar-refractivity contribution in [2.45, 2.75) is 25.5 Å². The van der Waals surface area contributed by atoms with Crippen LogP contribution in [0.25, 0.3) is 21.5 Å². The second-order valence-corrected chi connectivity index (χ2v) is 9.27. The Morgan fingerprint density at radius 1 is 1.20 bits per heavy atom. The van der Waals surface area contributed by atoms with Crippen molar-refractivity contribution in [2.75, 3.05) is 25.9 Å². The van der Waals surface area contributed by atoms with Crippen LogP contribution in [0.15, 0.2) is 48.7 Å². The Morgan fingerprint density at radius 3 is 2.86 bits per heavy atom. The lowest BCUT2D eigenvalue weighted by Gasteiger charge is -2.24. The van der Waals surface area contributed by atoms with Crippen LogP contribution in [0, 0.1) is 0 Å². The lowest BCUT2D eigenvalue weighted by molar-refractivity contribution is 0.0950. The molecule has 0 unspecified atom stereocenters. The number of carbonyl (C=O) groups is 1. The highest BCUT2D eigenvalue weighted by atomic mass is 32.1. The quantitative estimate of drug-likeness (QED) is 0.360. The van der Waals surface area contributed by atoms with E-state index in [2.05, 4.69) is 25.6 Å².